The van der Waals surface area contributed by atoms with Crippen molar-refractivity contribution >= 4 is 16.9 Å². The standard InChI is InChI=1S/C24H30FNO3S/c25-22-13-11-20(12-14-22)8-4-1-2-7-18-29-19-16-23(21-9-5-3-6-10-21)30(28)26-17-15-24(26)27/h3,5-6,9-14,23H,1-2,4,7-8,15-19H2. The largest absolute Gasteiger partial charge is 0.381 e. The summed E-state index contributed by atoms with van der Waals surface area (Å²) in [6.45, 7) is 1.80. The summed E-state index contributed by atoms with van der Waals surface area (Å²) in [5.41, 5.74) is 2.16. The van der Waals surface area contributed by atoms with Gasteiger partial charge in [0.05, 0.1) is 5.25 Å². The molecule has 2 aromatic carbocycles. The van der Waals surface area contributed by atoms with Crippen molar-refractivity contribution in [2.75, 3.05) is 19.8 Å². The summed E-state index contributed by atoms with van der Waals surface area (Å²) >= 11 is 0. The van der Waals surface area contributed by atoms with Gasteiger partial charge in [0.1, 0.15) is 16.8 Å². The minimum atomic E-state index is -1.35. The first kappa shape index (κ1) is 22.6. The highest BCUT2D eigenvalue weighted by Crippen LogP contribution is 2.29. The Morgan fingerprint density at radius 2 is 1.70 bits per heavy atom. The van der Waals surface area contributed by atoms with Gasteiger partial charge >= 0.3 is 0 Å². The summed E-state index contributed by atoms with van der Waals surface area (Å²) in [7, 11) is -1.35. The Kier molecular flexibility index (Phi) is 9.02. The lowest BCUT2D eigenvalue weighted by Crippen LogP contribution is -2.45. The molecule has 30 heavy (non-hydrogen) atoms. The van der Waals surface area contributed by atoms with Crippen LogP contribution >= 0.6 is 0 Å². The van der Waals surface area contributed by atoms with Crippen LogP contribution in [0.3, 0.4) is 0 Å². The summed E-state index contributed by atoms with van der Waals surface area (Å²) in [5.74, 6) is -0.221. The van der Waals surface area contributed by atoms with E-state index in [0.717, 1.165) is 37.7 Å². The third kappa shape index (κ3) is 6.74. The predicted molar refractivity (Wildman–Crippen MR) is 118 cm³/mol. The molecule has 1 amide bonds. The highest BCUT2D eigenvalue weighted by atomic mass is 32.2. The number of amides is 1. The number of benzene rings is 2. The summed E-state index contributed by atoms with van der Waals surface area (Å²) in [4.78, 5) is 11.7. The van der Waals surface area contributed by atoms with Gasteiger partial charge in [-0.1, -0.05) is 55.3 Å². The minimum Gasteiger partial charge on any atom is -0.381 e. The highest BCUT2D eigenvalue weighted by Gasteiger charge is 2.34. The number of unbranched alkanes of at least 4 members (excludes halogenated alkanes) is 3. The Bertz CT molecular complexity index is 813. The molecule has 2 aromatic rings. The third-order valence-electron chi connectivity index (χ3n) is 5.38. The van der Waals surface area contributed by atoms with Gasteiger partial charge in [0, 0.05) is 26.2 Å². The first-order chi connectivity index (χ1) is 14.6. The number of hydrogen-bond donors (Lipinski definition) is 0. The predicted octanol–water partition coefficient (Wildman–Crippen LogP) is 4.97. The number of ether oxygens (including phenoxy) is 1. The summed E-state index contributed by atoms with van der Waals surface area (Å²) in [6.07, 6.45) is 6.39. The van der Waals surface area contributed by atoms with Gasteiger partial charge in [0.25, 0.3) is 0 Å². The van der Waals surface area contributed by atoms with Crippen LogP contribution in [0.25, 0.3) is 0 Å². The molecule has 2 unspecified atom stereocenters. The molecule has 4 nitrogen and oxygen atoms in total. The van der Waals surface area contributed by atoms with E-state index in [-0.39, 0.29) is 17.0 Å². The SMILES string of the molecule is O=C1CCN1S(=O)C(CCOCCCCCCc1ccc(F)cc1)c1ccccc1. The maximum atomic E-state index is 12.9. The van der Waals surface area contributed by atoms with Crippen LogP contribution in [0, 0.1) is 5.82 Å². The molecule has 0 aliphatic carbocycles. The molecule has 1 saturated heterocycles. The molecule has 0 aromatic heterocycles. The van der Waals surface area contributed by atoms with Crippen molar-refractivity contribution in [1.82, 2.24) is 4.31 Å². The minimum absolute atomic E-state index is 0.0316. The fourth-order valence-corrected chi connectivity index (χ4v) is 5.08. The Morgan fingerprint density at radius 1 is 0.967 bits per heavy atom. The first-order valence-corrected chi connectivity index (χ1v) is 11.9. The van der Waals surface area contributed by atoms with E-state index in [1.54, 1.807) is 0 Å². The summed E-state index contributed by atoms with van der Waals surface area (Å²) in [6, 6.07) is 16.5. The fourth-order valence-electron chi connectivity index (χ4n) is 3.52. The van der Waals surface area contributed by atoms with Crippen LogP contribution in [-0.4, -0.2) is 34.2 Å². The topological polar surface area (TPSA) is 46.6 Å². The van der Waals surface area contributed by atoms with Crippen LogP contribution in [-0.2, 0) is 26.9 Å². The van der Waals surface area contributed by atoms with E-state index in [9.17, 15) is 13.4 Å². The zero-order valence-electron chi connectivity index (χ0n) is 17.3. The molecule has 1 fully saturated rings. The van der Waals surface area contributed by atoms with Crippen LogP contribution in [0.4, 0.5) is 4.39 Å². The number of nitrogens with zero attached hydrogens (tertiary/aromatic N) is 1. The van der Waals surface area contributed by atoms with Crippen molar-refractivity contribution in [3.05, 3.63) is 71.5 Å². The fraction of sp³-hybridized carbons (Fsp3) is 0.458. The van der Waals surface area contributed by atoms with Crippen molar-refractivity contribution in [1.29, 1.82) is 0 Å². The zero-order chi connectivity index (χ0) is 21.2. The van der Waals surface area contributed by atoms with Gasteiger partial charge in [0.15, 0.2) is 0 Å². The smallest absolute Gasteiger partial charge is 0.236 e. The molecule has 1 aliphatic rings. The number of hydrogen-bond acceptors (Lipinski definition) is 3. The Hall–Kier alpha value is -2.05. The second kappa shape index (κ2) is 12.0. The lowest BCUT2D eigenvalue weighted by molar-refractivity contribution is -0.132. The van der Waals surface area contributed by atoms with Crippen LogP contribution < -0.4 is 0 Å². The maximum absolute atomic E-state index is 12.9. The van der Waals surface area contributed by atoms with Crippen LogP contribution in [0.5, 0.6) is 0 Å². The number of aryl methyl sites for hydroxylation is 1. The van der Waals surface area contributed by atoms with Crippen molar-refractivity contribution in [2.24, 2.45) is 0 Å². The molecule has 0 N–H and O–H groups in total. The van der Waals surface area contributed by atoms with Gasteiger partial charge in [-0.2, -0.15) is 0 Å². The van der Waals surface area contributed by atoms with Crippen molar-refractivity contribution in [2.45, 2.75) is 50.2 Å². The van der Waals surface area contributed by atoms with E-state index >= 15 is 0 Å². The molecular weight excluding hydrogens is 401 g/mol. The third-order valence-corrected chi connectivity index (χ3v) is 7.20. The monoisotopic (exact) mass is 431 g/mol. The summed E-state index contributed by atoms with van der Waals surface area (Å²) in [5, 5.41) is -0.217. The molecular formula is C24H30FNO3S. The van der Waals surface area contributed by atoms with E-state index in [1.165, 1.54) is 22.0 Å². The van der Waals surface area contributed by atoms with Gasteiger partial charge in [0.2, 0.25) is 5.91 Å². The molecule has 3 rings (SSSR count). The van der Waals surface area contributed by atoms with E-state index in [1.807, 2.05) is 42.5 Å². The Balaban J connectivity index is 1.31. The molecule has 162 valence electrons. The lowest BCUT2D eigenvalue weighted by Gasteiger charge is -2.32. The Labute approximate surface area is 181 Å². The molecule has 1 aliphatic heterocycles. The van der Waals surface area contributed by atoms with E-state index < -0.39 is 11.0 Å². The number of rotatable bonds is 13. The van der Waals surface area contributed by atoms with E-state index in [2.05, 4.69) is 0 Å². The average Bonchev–Trinajstić information content (AvgIpc) is 2.75. The van der Waals surface area contributed by atoms with Gasteiger partial charge in [-0.3, -0.25) is 9.10 Å². The van der Waals surface area contributed by atoms with Crippen molar-refractivity contribution < 1.29 is 18.1 Å². The van der Waals surface area contributed by atoms with Gasteiger partial charge < -0.3 is 4.74 Å². The molecule has 6 heteroatoms. The van der Waals surface area contributed by atoms with Gasteiger partial charge in [-0.15, -0.1) is 0 Å². The van der Waals surface area contributed by atoms with E-state index in [4.69, 9.17) is 4.74 Å². The first-order valence-electron chi connectivity index (χ1n) is 10.7. The maximum Gasteiger partial charge on any atom is 0.236 e. The van der Waals surface area contributed by atoms with Crippen molar-refractivity contribution in [3.63, 3.8) is 0 Å². The van der Waals surface area contributed by atoms with Gasteiger partial charge in [-0.05, 0) is 48.9 Å². The quantitative estimate of drug-likeness (QED) is 0.332. The van der Waals surface area contributed by atoms with Gasteiger partial charge in [-0.25, -0.2) is 8.60 Å². The molecule has 1 heterocycles. The molecule has 0 saturated carbocycles. The van der Waals surface area contributed by atoms with E-state index in [0.29, 0.717) is 32.6 Å². The normalized spacial score (nSPS) is 15.6. The average molecular weight is 432 g/mol. The molecule has 0 radical (unpaired) electrons. The number of carbonyl (C=O) groups excluding carboxylic acids is 1. The number of β-lactam (4-membered cyclic amide) rings is 1. The highest BCUT2D eigenvalue weighted by molar-refractivity contribution is 7.83. The number of carbonyl (C=O) groups is 1. The number of halogens is 1. The second-order valence-electron chi connectivity index (χ2n) is 7.61. The van der Waals surface area contributed by atoms with Crippen LogP contribution in [0.15, 0.2) is 54.6 Å². The molecule has 2 atom stereocenters. The Morgan fingerprint density at radius 3 is 2.37 bits per heavy atom. The lowest BCUT2D eigenvalue weighted by atomic mass is 10.1. The van der Waals surface area contributed by atoms with Crippen LogP contribution in [0.2, 0.25) is 0 Å². The second-order valence-corrected chi connectivity index (χ2v) is 9.18. The van der Waals surface area contributed by atoms with Crippen LogP contribution in [0.1, 0.15) is 54.9 Å². The zero-order valence-corrected chi connectivity index (χ0v) is 18.1. The summed E-state index contributed by atoms with van der Waals surface area (Å²) < 4.78 is 33.0. The molecule has 0 bridgehead atoms. The van der Waals surface area contributed by atoms with Crippen molar-refractivity contribution in [3.8, 4) is 0 Å². The molecule has 0 spiro atoms.